The second-order valence-corrected chi connectivity index (χ2v) is 6.96. The summed E-state index contributed by atoms with van der Waals surface area (Å²) in [5, 5.41) is 0. The Bertz CT molecular complexity index is 786. The fraction of sp³-hybridized carbons (Fsp3) is 0.263. The molecule has 1 saturated heterocycles. The second-order valence-electron chi connectivity index (χ2n) is 6.05. The lowest BCUT2D eigenvalue weighted by molar-refractivity contribution is -0.139. The average Bonchev–Trinajstić information content (AvgIpc) is 2.94. The average molecular weight is 388 g/mol. The lowest BCUT2D eigenvalue weighted by atomic mass is 10.1. The molecule has 2 aromatic carbocycles. The van der Waals surface area contributed by atoms with Crippen molar-refractivity contribution in [3.63, 3.8) is 0 Å². The monoisotopic (exact) mass is 387 g/mol. The molecular weight excluding hydrogens is 370 g/mol. The van der Waals surface area contributed by atoms with Crippen molar-refractivity contribution >= 4 is 33.5 Å². The Morgan fingerprint density at radius 1 is 1.12 bits per heavy atom. The molecule has 3 rings (SSSR count). The Kier molecular flexibility index (Phi) is 4.71. The summed E-state index contributed by atoms with van der Waals surface area (Å²) in [4.78, 5) is 26.2. The number of amides is 1. The third kappa shape index (κ3) is 3.51. The van der Waals surface area contributed by atoms with E-state index >= 15 is 0 Å². The number of anilines is 1. The number of carbonyl (C=O) groups excluding carboxylic acids is 2. The number of carbonyl (C=O) groups is 2. The Hall–Kier alpha value is -2.14. The maximum Gasteiger partial charge on any atom is 0.316 e. The summed E-state index contributed by atoms with van der Waals surface area (Å²) in [6.45, 7) is 4.33. The molecule has 0 spiro atoms. The minimum atomic E-state index is -0.442. The number of nitrogens with zero attached hydrogens (tertiary/aromatic N) is 1. The van der Waals surface area contributed by atoms with E-state index in [0.717, 1.165) is 21.3 Å². The largest absolute Gasteiger partial charge is 0.426 e. The fourth-order valence-electron chi connectivity index (χ4n) is 2.71. The molecule has 0 N–H and O–H groups in total. The van der Waals surface area contributed by atoms with Crippen molar-refractivity contribution in [2.24, 2.45) is 5.92 Å². The summed E-state index contributed by atoms with van der Waals surface area (Å²) in [6.07, 6.45) is 0.180. The lowest BCUT2D eigenvalue weighted by Gasteiger charge is -2.16. The highest BCUT2D eigenvalue weighted by atomic mass is 79.9. The Balaban J connectivity index is 1.69. The molecule has 5 heteroatoms. The van der Waals surface area contributed by atoms with E-state index in [0.29, 0.717) is 12.3 Å². The molecule has 1 heterocycles. The van der Waals surface area contributed by atoms with Crippen molar-refractivity contribution in [3.05, 3.63) is 58.1 Å². The molecule has 0 unspecified atom stereocenters. The molecule has 1 aliphatic rings. The fourth-order valence-corrected chi connectivity index (χ4v) is 2.98. The second kappa shape index (κ2) is 6.77. The van der Waals surface area contributed by atoms with E-state index in [1.807, 2.05) is 50.2 Å². The van der Waals surface area contributed by atoms with Gasteiger partial charge in [-0.05, 0) is 61.4 Å². The third-order valence-electron chi connectivity index (χ3n) is 4.29. The van der Waals surface area contributed by atoms with E-state index in [-0.39, 0.29) is 18.3 Å². The summed E-state index contributed by atoms with van der Waals surface area (Å²) >= 11 is 3.37. The molecule has 124 valence electrons. The van der Waals surface area contributed by atoms with Gasteiger partial charge in [0.2, 0.25) is 5.91 Å². The first-order chi connectivity index (χ1) is 11.4. The minimum Gasteiger partial charge on any atom is -0.426 e. The zero-order chi connectivity index (χ0) is 17.3. The summed E-state index contributed by atoms with van der Waals surface area (Å²) in [5.41, 5.74) is 3.01. The van der Waals surface area contributed by atoms with Gasteiger partial charge in [-0.1, -0.05) is 22.0 Å². The van der Waals surface area contributed by atoms with Crippen molar-refractivity contribution in [1.82, 2.24) is 0 Å². The highest BCUT2D eigenvalue weighted by Gasteiger charge is 2.36. The van der Waals surface area contributed by atoms with E-state index < -0.39 is 5.92 Å². The molecule has 1 aliphatic heterocycles. The van der Waals surface area contributed by atoms with Crippen LogP contribution in [-0.4, -0.2) is 18.4 Å². The van der Waals surface area contributed by atoms with Crippen LogP contribution >= 0.6 is 15.9 Å². The van der Waals surface area contributed by atoms with E-state index in [9.17, 15) is 9.59 Å². The number of rotatable bonds is 3. The maximum absolute atomic E-state index is 12.4. The van der Waals surface area contributed by atoms with E-state index in [1.54, 1.807) is 11.0 Å². The molecule has 0 aromatic heterocycles. The Morgan fingerprint density at radius 2 is 1.83 bits per heavy atom. The topological polar surface area (TPSA) is 46.6 Å². The van der Waals surface area contributed by atoms with Gasteiger partial charge in [-0.2, -0.15) is 0 Å². The molecule has 0 radical (unpaired) electrons. The number of ether oxygens (including phenoxy) is 1. The third-order valence-corrected chi connectivity index (χ3v) is 4.82. The van der Waals surface area contributed by atoms with Crippen molar-refractivity contribution in [1.29, 1.82) is 0 Å². The molecule has 0 bridgehead atoms. The van der Waals surface area contributed by atoms with Crippen LogP contribution in [0.15, 0.2) is 46.9 Å². The summed E-state index contributed by atoms with van der Waals surface area (Å²) < 4.78 is 6.41. The SMILES string of the molecule is Cc1ccc(OC(=O)[C@H]2CC(=O)N(c3ccc(Br)cc3)C2)cc1C. The van der Waals surface area contributed by atoms with Gasteiger partial charge in [0.05, 0.1) is 5.92 Å². The van der Waals surface area contributed by atoms with E-state index in [1.165, 1.54) is 0 Å². The van der Waals surface area contributed by atoms with Gasteiger partial charge in [-0.15, -0.1) is 0 Å². The van der Waals surface area contributed by atoms with Gasteiger partial charge in [0.15, 0.2) is 0 Å². The smallest absolute Gasteiger partial charge is 0.316 e. The zero-order valence-corrected chi connectivity index (χ0v) is 15.2. The van der Waals surface area contributed by atoms with Crippen LogP contribution in [0.25, 0.3) is 0 Å². The quantitative estimate of drug-likeness (QED) is 0.589. The van der Waals surface area contributed by atoms with Crippen LogP contribution in [0, 0.1) is 19.8 Å². The van der Waals surface area contributed by atoms with Gasteiger partial charge < -0.3 is 9.64 Å². The number of benzene rings is 2. The molecule has 1 fully saturated rings. The Labute approximate surface area is 149 Å². The summed E-state index contributed by atoms with van der Waals surface area (Å²) in [7, 11) is 0. The molecule has 4 nitrogen and oxygen atoms in total. The molecule has 1 amide bonds. The minimum absolute atomic E-state index is 0.0561. The first-order valence-electron chi connectivity index (χ1n) is 7.79. The highest BCUT2D eigenvalue weighted by Crippen LogP contribution is 2.28. The van der Waals surface area contributed by atoms with Crippen LogP contribution < -0.4 is 9.64 Å². The van der Waals surface area contributed by atoms with Gasteiger partial charge in [0, 0.05) is 23.1 Å². The van der Waals surface area contributed by atoms with Crippen molar-refractivity contribution in [2.75, 3.05) is 11.4 Å². The first-order valence-corrected chi connectivity index (χ1v) is 8.58. The molecule has 0 aliphatic carbocycles. The van der Waals surface area contributed by atoms with Crippen molar-refractivity contribution in [3.8, 4) is 5.75 Å². The molecule has 2 aromatic rings. The summed E-state index contributed by atoms with van der Waals surface area (Å²) in [5.74, 6) is -0.328. The predicted octanol–water partition coefficient (Wildman–Crippen LogP) is 4.02. The molecule has 0 saturated carbocycles. The van der Waals surface area contributed by atoms with Gasteiger partial charge in [-0.3, -0.25) is 9.59 Å². The van der Waals surface area contributed by atoms with Crippen LogP contribution in [0.2, 0.25) is 0 Å². The van der Waals surface area contributed by atoms with Gasteiger partial charge in [-0.25, -0.2) is 0 Å². The number of hydrogen-bond donors (Lipinski definition) is 0. The van der Waals surface area contributed by atoms with Crippen LogP contribution in [0.1, 0.15) is 17.5 Å². The number of halogens is 1. The van der Waals surface area contributed by atoms with Crippen LogP contribution in [0.5, 0.6) is 5.75 Å². The Morgan fingerprint density at radius 3 is 2.50 bits per heavy atom. The number of aryl methyl sites for hydroxylation is 2. The predicted molar refractivity (Wildman–Crippen MR) is 96.2 cm³/mol. The maximum atomic E-state index is 12.4. The lowest BCUT2D eigenvalue weighted by Crippen LogP contribution is -2.27. The summed E-state index contributed by atoms with van der Waals surface area (Å²) in [6, 6.07) is 13.0. The highest BCUT2D eigenvalue weighted by molar-refractivity contribution is 9.10. The van der Waals surface area contributed by atoms with Crippen molar-refractivity contribution < 1.29 is 14.3 Å². The van der Waals surface area contributed by atoms with Gasteiger partial charge in [0.1, 0.15) is 5.75 Å². The number of esters is 1. The number of hydrogen-bond acceptors (Lipinski definition) is 3. The van der Waals surface area contributed by atoms with Gasteiger partial charge in [0.25, 0.3) is 0 Å². The molecule has 1 atom stereocenters. The molecular formula is C19H18BrNO3. The molecule has 24 heavy (non-hydrogen) atoms. The normalized spacial score (nSPS) is 17.2. The van der Waals surface area contributed by atoms with E-state index in [2.05, 4.69) is 15.9 Å². The standard InChI is InChI=1S/C19H18BrNO3/c1-12-3-8-17(9-13(12)2)24-19(23)14-10-18(22)21(11-14)16-6-4-15(20)5-7-16/h3-9,14H,10-11H2,1-2H3/t14-/m0/s1. The van der Waals surface area contributed by atoms with Crippen molar-refractivity contribution in [2.45, 2.75) is 20.3 Å². The zero-order valence-electron chi connectivity index (χ0n) is 13.6. The van der Waals surface area contributed by atoms with Crippen LogP contribution in [0.3, 0.4) is 0 Å². The first kappa shape index (κ1) is 16.7. The van der Waals surface area contributed by atoms with Gasteiger partial charge >= 0.3 is 5.97 Å². The van der Waals surface area contributed by atoms with Crippen LogP contribution in [-0.2, 0) is 9.59 Å². The van der Waals surface area contributed by atoms with Crippen LogP contribution in [0.4, 0.5) is 5.69 Å². The van der Waals surface area contributed by atoms with E-state index in [4.69, 9.17) is 4.74 Å².